The van der Waals surface area contributed by atoms with Crippen LogP contribution in [-0.4, -0.2) is 65.4 Å². The highest BCUT2D eigenvalue weighted by molar-refractivity contribution is 7.89. The van der Waals surface area contributed by atoms with Crippen LogP contribution in [0.15, 0.2) is 65.7 Å². The molecular weight excluding hydrogens is 442 g/mol. The van der Waals surface area contributed by atoms with Gasteiger partial charge >= 0.3 is 0 Å². The summed E-state index contributed by atoms with van der Waals surface area (Å²) < 4.78 is 29.0. The maximum absolute atomic E-state index is 12.9. The molecule has 9 nitrogen and oxygen atoms in total. The Morgan fingerprint density at radius 3 is 2.27 bits per heavy atom. The fourth-order valence-electron chi connectivity index (χ4n) is 3.73. The van der Waals surface area contributed by atoms with Crippen LogP contribution in [0.5, 0.6) is 0 Å². The minimum Gasteiger partial charge on any atom is -0.340 e. The fraction of sp³-hybridized carbons (Fsp3) is 0.261. The van der Waals surface area contributed by atoms with Gasteiger partial charge in [0, 0.05) is 56.2 Å². The third-order valence-electron chi connectivity index (χ3n) is 5.62. The molecule has 172 valence electrons. The summed E-state index contributed by atoms with van der Waals surface area (Å²) in [5.41, 5.74) is 2.74. The Labute approximate surface area is 192 Å². The highest BCUT2D eigenvalue weighted by atomic mass is 32.2. The van der Waals surface area contributed by atoms with Gasteiger partial charge in [-0.05, 0) is 55.5 Å². The number of nitrogens with zero attached hydrogens (tertiary/aromatic N) is 4. The van der Waals surface area contributed by atoms with Crippen LogP contribution in [0, 0.1) is 6.92 Å². The van der Waals surface area contributed by atoms with E-state index in [-0.39, 0.29) is 29.8 Å². The van der Waals surface area contributed by atoms with Crippen molar-refractivity contribution < 1.29 is 18.0 Å². The zero-order chi connectivity index (χ0) is 23.6. The van der Waals surface area contributed by atoms with Gasteiger partial charge in [-0.3, -0.25) is 9.59 Å². The topological polar surface area (TPSA) is 105 Å². The lowest BCUT2D eigenvalue weighted by Crippen LogP contribution is -2.49. The van der Waals surface area contributed by atoms with Crippen molar-refractivity contribution in [1.29, 1.82) is 0 Å². The second kappa shape index (κ2) is 9.16. The number of sulfonamides is 1. The number of aromatic nitrogens is 2. The molecule has 1 fully saturated rings. The lowest BCUT2D eigenvalue weighted by Gasteiger charge is -2.33. The number of amides is 2. The second-order valence-electron chi connectivity index (χ2n) is 7.82. The van der Waals surface area contributed by atoms with Crippen LogP contribution >= 0.6 is 0 Å². The van der Waals surface area contributed by atoms with E-state index in [0.717, 1.165) is 11.4 Å². The van der Waals surface area contributed by atoms with Gasteiger partial charge in [-0.1, -0.05) is 6.07 Å². The molecule has 0 aliphatic carbocycles. The zero-order valence-electron chi connectivity index (χ0n) is 18.4. The third kappa shape index (κ3) is 4.81. The van der Waals surface area contributed by atoms with Gasteiger partial charge in [0.05, 0.1) is 10.6 Å². The summed E-state index contributed by atoms with van der Waals surface area (Å²) >= 11 is 0. The lowest BCUT2D eigenvalue weighted by atomic mass is 10.2. The number of carbonyl (C=O) groups is 2. The molecule has 0 saturated carbocycles. The van der Waals surface area contributed by atoms with Gasteiger partial charge in [0.15, 0.2) is 0 Å². The summed E-state index contributed by atoms with van der Waals surface area (Å²) in [5.74, 6) is -0.406. The zero-order valence-corrected chi connectivity index (χ0v) is 19.2. The van der Waals surface area contributed by atoms with Crippen molar-refractivity contribution in [3.63, 3.8) is 0 Å². The minimum atomic E-state index is -3.69. The summed E-state index contributed by atoms with van der Waals surface area (Å²) in [6.45, 7) is 4.64. The number of benzene rings is 2. The van der Waals surface area contributed by atoms with Crippen LogP contribution in [0.1, 0.15) is 23.0 Å². The number of rotatable bonds is 5. The molecule has 2 amide bonds. The van der Waals surface area contributed by atoms with E-state index >= 15 is 0 Å². The molecule has 1 aromatic heterocycles. The molecule has 3 aromatic rings. The van der Waals surface area contributed by atoms with Crippen molar-refractivity contribution in [2.45, 2.75) is 18.7 Å². The van der Waals surface area contributed by atoms with Crippen molar-refractivity contribution in [3.8, 4) is 5.69 Å². The normalized spacial score (nSPS) is 14.8. The van der Waals surface area contributed by atoms with E-state index in [1.54, 1.807) is 21.8 Å². The molecule has 2 aromatic carbocycles. The number of aryl methyl sites for hydroxylation is 1. The molecule has 1 saturated heterocycles. The molecule has 4 rings (SSSR count). The molecule has 0 atom stereocenters. The fourth-order valence-corrected chi connectivity index (χ4v) is 5.15. The predicted octanol–water partition coefficient (Wildman–Crippen LogP) is 2.29. The van der Waals surface area contributed by atoms with Crippen molar-refractivity contribution in [3.05, 3.63) is 72.1 Å². The average Bonchev–Trinajstić information content (AvgIpc) is 3.25. The molecule has 0 spiro atoms. The van der Waals surface area contributed by atoms with Gasteiger partial charge in [-0.15, -0.1) is 0 Å². The van der Waals surface area contributed by atoms with Gasteiger partial charge in [0.1, 0.15) is 0 Å². The molecule has 0 bridgehead atoms. The first-order valence-electron chi connectivity index (χ1n) is 10.5. The van der Waals surface area contributed by atoms with E-state index in [4.69, 9.17) is 0 Å². The number of hydrogen-bond donors (Lipinski definition) is 1. The summed E-state index contributed by atoms with van der Waals surface area (Å²) in [7, 11) is -3.69. The predicted molar refractivity (Wildman–Crippen MR) is 124 cm³/mol. The van der Waals surface area contributed by atoms with Gasteiger partial charge in [-0.25, -0.2) is 13.1 Å². The standard InChI is InChI=1S/C23H25N5O4S/c1-17-10-11-24-28(17)21-5-3-4-20(16-21)25-23(30)19-6-8-22(9-7-19)33(31,32)27-14-12-26(13-15-27)18(2)29/h3-11,16H,12-15H2,1-2H3,(H,25,30). The van der Waals surface area contributed by atoms with Crippen LogP contribution in [0.2, 0.25) is 0 Å². The Bertz CT molecular complexity index is 1280. The van der Waals surface area contributed by atoms with E-state index < -0.39 is 10.0 Å². The SMILES string of the molecule is CC(=O)N1CCN(S(=O)(=O)c2ccc(C(=O)Nc3cccc(-n4nccc4C)c3)cc2)CC1. The third-order valence-corrected chi connectivity index (χ3v) is 7.53. The molecule has 2 heterocycles. The molecule has 1 aliphatic heterocycles. The van der Waals surface area contributed by atoms with Gasteiger partial charge in [-0.2, -0.15) is 9.40 Å². The number of carbonyl (C=O) groups excluding carboxylic acids is 2. The summed E-state index contributed by atoms with van der Waals surface area (Å²) in [6, 6.07) is 15.1. The van der Waals surface area contributed by atoms with Crippen molar-refractivity contribution >= 4 is 27.5 Å². The first kappa shape index (κ1) is 22.7. The van der Waals surface area contributed by atoms with Crippen molar-refractivity contribution in [1.82, 2.24) is 19.0 Å². The Kier molecular flexibility index (Phi) is 6.30. The van der Waals surface area contributed by atoms with Crippen LogP contribution in [-0.2, 0) is 14.8 Å². The van der Waals surface area contributed by atoms with Crippen LogP contribution < -0.4 is 5.32 Å². The van der Waals surface area contributed by atoms with Crippen LogP contribution in [0.3, 0.4) is 0 Å². The van der Waals surface area contributed by atoms with E-state index in [1.807, 2.05) is 31.2 Å². The Balaban J connectivity index is 1.45. The van der Waals surface area contributed by atoms with Crippen molar-refractivity contribution in [2.75, 3.05) is 31.5 Å². The van der Waals surface area contributed by atoms with Gasteiger partial charge in [0.2, 0.25) is 15.9 Å². The van der Waals surface area contributed by atoms with Crippen LogP contribution in [0.4, 0.5) is 5.69 Å². The smallest absolute Gasteiger partial charge is 0.255 e. The average molecular weight is 468 g/mol. The van der Waals surface area contributed by atoms with E-state index in [0.29, 0.717) is 24.3 Å². The number of anilines is 1. The number of piperazine rings is 1. The Hall–Kier alpha value is -3.50. The second-order valence-corrected chi connectivity index (χ2v) is 9.76. The Morgan fingerprint density at radius 2 is 1.67 bits per heavy atom. The first-order chi connectivity index (χ1) is 15.8. The molecule has 1 aliphatic rings. The minimum absolute atomic E-state index is 0.0623. The Morgan fingerprint density at radius 1 is 0.970 bits per heavy atom. The van der Waals surface area contributed by atoms with Crippen molar-refractivity contribution in [2.24, 2.45) is 0 Å². The molecule has 33 heavy (non-hydrogen) atoms. The lowest BCUT2D eigenvalue weighted by molar-refractivity contribution is -0.129. The highest BCUT2D eigenvalue weighted by Crippen LogP contribution is 2.20. The molecule has 1 N–H and O–H groups in total. The molecule has 0 unspecified atom stereocenters. The molecule has 0 radical (unpaired) electrons. The van der Waals surface area contributed by atoms with Gasteiger partial charge in [0.25, 0.3) is 5.91 Å². The maximum Gasteiger partial charge on any atom is 0.255 e. The maximum atomic E-state index is 12.9. The van der Waals surface area contributed by atoms with E-state index in [1.165, 1.54) is 35.5 Å². The first-order valence-corrected chi connectivity index (χ1v) is 12.0. The van der Waals surface area contributed by atoms with Gasteiger partial charge < -0.3 is 10.2 Å². The monoisotopic (exact) mass is 467 g/mol. The summed E-state index contributed by atoms with van der Waals surface area (Å²) in [5, 5.41) is 7.11. The molecule has 10 heteroatoms. The van der Waals surface area contributed by atoms with E-state index in [9.17, 15) is 18.0 Å². The van der Waals surface area contributed by atoms with Crippen LogP contribution in [0.25, 0.3) is 5.69 Å². The van der Waals surface area contributed by atoms with E-state index in [2.05, 4.69) is 10.4 Å². The number of hydrogen-bond acceptors (Lipinski definition) is 5. The highest BCUT2D eigenvalue weighted by Gasteiger charge is 2.29. The summed E-state index contributed by atoms with van der Waals surface area (Å²) in [6.07, 6.45) is 1.71. The quantitative estimate of drug-likeness (QED) is 0.620. The summed E-state index contributed by atoms with van der Waals surface area (Å²) in [4.78, 5) is 25.9. The molecular formula is C23H25N5O4S. The largest absolute Gasteiger partial charge is 0.340 e. The number of nitrogens with one attached hydrogen (secondary N) is 1.